The Morgan fingerprint density at radius 3 is 2.68 bits per heavy atom. The largest absolute Gasteiger partial charge is 0.497 e. The van der Waals surface area contributed by atoms with Crippen LogP contribution in [0.5, 0.6) is 11.5 Å². The summed E-state index contributed by atoms with van der Waals surface area (Å²) < 4.78 is 10.9. The van der Waals surface area contributed by atoms with Crippen LogP contribution in [-0.4, -0.2) is 42.1 Å². The van der Waals surface area contributed by atoms with Gasteiger partial charge in [-0.1, -0.05) is 12.1 Å². The Balaban J connectivity index is 1.72. The van der Waals surface area contributed by atoms with Gasteiger partial charge in [0.15, 0.2) is 11.4 Å². The summed E-state index contributed by atoms with van der Waals surface area (Å²) in [6, 6.07) is 11.7. The van der Waals surface area contributed by atoms with Crippen molar-refractivity contribution in [3.63, 3.8) is 0 Å². The number of hydrogen-bond acceptors (Lipinski definition) is 4. The number of pyridine rings is 1. The number of aromatic nitrogens is 1. The van der Waals surface area contributed by atoms with Gasteiger partial charge in [-0.25, -0.2) is 4.98 Å². The maximum atomic E-state index is 12.9. The van der Waals surface area contributed by atoms with Gasteiger partial charge in [0.2, 0.25) is 0 Å². The standard InChI is InChI=1S/C20H24N2O3/c1-14(2)25-18-5-4-11-21-19(18)20(23)22-12-10-16(13-22)15-6-8-17(24-3)9-7-15/h4-9,11,14,16H,10,12-13H2,1-3H3. The quantitative estimate of drug-likeness (QED) is 0.836. The molecule has 132 valence electrons. The Hall–Kier alpha value is -2.56. The zero-order valence-electron chi connectivity index (χ0n) is 14.9. The number of carbonyl (C=O) groups is 1. The molecule has 5 nitrogen and oxygen atoms in total. The Morgan fingerprint density at radius 1 is 1.24 bits per heavy atom. The number of ether oxygens (including phenoxy) is 2. The highest BCUT2D eigenvalue weighted by molar-refractivity contribution is 5.95. The SMILES string of the molecule is COc1ccc(C2CCN(C(=O)c3ncccc3OC(C)C)C2)cc1. The number of benzene rings is 1. The van der Waals surface area contributed by atoms with Crippen molar-refractivity contribution in [1.82, 2.24) is 9.88 Å². The molecule has 1 unspecified atom stereocenters. The molecule has 0 spiro atoms. The van der Waals surface area contributed by atoms with Crippen LogP contribution < -0.4 is 9.47 Å². The Bertz CT molecular complexity index is 728. The van der Waals surface area contributed by atoms with E-state index in [1.807, 2.05) is 30.9 Å². The van der Waals surface area contributed by atoms with Crippen molar-refractivity contribution in [3.05, 3.63) is 53.9 Å². The van der Waals surface area contributed by atoms with Gasteiger partial charge in [-0.15, -0.1) is 0 Å². The zero-order chi connectivity index (χ0) is 17.8. The summed E-state index contributed by atoms with van der Waals surface area (Å²) in [7, 11) is 1.66. The molecule has 1 fully saturated rings. The monoisotopic (exact) mass is 340 g/mol. The first-order valence-electron chi connectivity index (χ1n) is 8.63. The smallest absolute Gasteiger partial charge is 0.276 e. The summed E-state index contributed by atoms with van der Waals surface area (Å²) >= 11 is 0. The van der Waals surface area contributed by atoms with Gasteiger partial charge in [0.1, 0.15) is 5.75 Å². The highest BCUT2D eigenvalue weighted by atomic mass is 16.5. The van der Waals surface area contributed by atoms with Crippen molar-refractivity contribution in [1.29, 1.82) is 0 Å². The second-order valence-corrected chi connectivity index (χ2v) is 6.53. The molecule has 0 N–H and O–H groups in total. The number of likely N-dealkylation sites (tertiary alicyclic amines) is 1. The van der Waals surface area contributed by atoms with Crippen LogP contribution in [0, 0.1) is 0 Å². The van der Waals surface area contributed by atoms with Gasteiger partial charge in [0.25, 0.3) is 5.91 Å². The molecule has 1 amide bonds. The van der Waals surface area contributed by atoms with E-state index in [-0.39, 0.29) is 12.0 Å². The lowest BCUT2D eigenvalue weighted by atomic mass is 9.98. The van der Waals surface area contributed by atoms with Crippen molar-refractivity contribution in [2.24, 2.45) is 0 Å². The molecule has 1 aliphatic rings. The summed E-state index contributed by atoms with van der Waals surface area (Å²) in [5, 5.41) is 0. The third-order valence-corrected chi connectivity index (χ3v) is 4.40. The molecule has 1 aliphatic heterocycles. The van der Waals surface area contributed by atoms with Gasteiger partial charge in [-0.3, -0.25) is 4.79 Å². The first-order valence-corrected chi connectivity index (χ1v) is 8.63. The normalized spacial score (nSPS) is 17.0. The molecule has 2 heterocycles. The Morgan fingerprint density at radius 2 is 2.00 bits per heavy atom. The van der Waals surface area contributed by atoms with Crippen LogP contribution >= 0.6 is 0 Å². The topological polar surface area (TPSA) is 51.7 Å². The molecule has 1 aromatic carbocycles. The maximum Gasteiger partial charge on any atom is 0.276 e. The van der Waals surface area contributed by atoms with E-state index in [1.165, 1.54) is 5.56 Å². The Kier molecular flexibility index (Phi) is 5.22. The number of hydrogen-bond donors (Lipinski definition) is 0. The van der Waals surface area contributed by atoms with Crippen molar-refractivity contribution < 1.29 is 14.3 Å². The fourth-order valence-corrected chi connectivity index (χ4v) is 3.14. The molecular formula is C20H24N2O3. The van der Waals surface area contributed by atoms with E-state index in [2.05, 4.69) is 17.1 Å². The van der Waals surface area contributed by atoms with E-state index in [0.29, 0.717) is 23.9 Å². The molecule has 2 aromatic rings. The van der Waals surface area contributed by atoms with Gasteiger partial charge in [-0.05, 0) is 50.1 Å². The van der Waals surface area contributed by atoms with Gasteiger partial charge in [0.05, 0.1) is 13.2 Å². The van der Waals surface area contributed by atoms with E-state index in [9.17, 15) is 4.79 Å². The van der Waals surface area contributed by atoms with E-state index in [0.717, 1.165) is 18.7 Å². The second kappa shape index (κ2) is 7.55. The maximum absolute atomic E-state index is 12.9. The van der Waals surface area contributed by atoms with Crippen molar-refractivity contribution in [2.75, 3.05) is 20.2 Å². The number of carbonyl (C=O) groups excluding carboxylic acids is 1. The lowest BCUT2D eigenvalue weighted by Crippen LogP contribution is -2.30. The molecule has 0 radical (unpaired) electrons. The van der Waals surface area contributed by atoms with Crippen LogP contribution in [0.3, 0.4) is 0 Å². The summed E-state index contributed by atoms with van der Waals surface area (Å²) in [5.41, 5.74) is 1.63. The molecule has 0 bridgehead atoms. The molecule has 0 aliphatic carbocycles. The molecule has 3 rings (SSSR count). The van der Waals surface area contributed by atoms with Gasteiger partial charge in [-0.2, -0.15) is 0 Å². The fraction of sp³-hybridized carbons (Fsp3) is 0.400. The predicted octanol–water partition coefficient (Wildman–Crippen LogP) is 3.51. The van der Waals surface area contributed by atoms with E-state index in [4.69, 9.17) is 9.47 Å². The fourth-order valence-electron chi connectivity index (χ4n) is 3.14. The average Bonchev–Trinajstić information content (AvgIpc) is 3.11. The second-order valence-electron chi connectivity index (χ2n) is 6.53. The minimum Gasteiger partial charge on any atom is -0.497 e. The van der Waals surface area contributed by atoms with E-state index < -0.39 is 0 Å². The molecule has 1 saturated heterocycles. The Labute approximate surface area is 148 Å². The first-order chi connectivity index (χ1) is 12.1. The van der Waals surface area contributed by atoms with Crippen molar-refractivity contribution in [3.8, 4) is 11.5 Å². The number of amides is 1. The third kappa shape index (κ3) is 3.92. The number of nitrogens with zero attached hydrogens (tertiary/aromatic N) is 2. The summed E-state index contributed by atoms with van der Waals surface area (Å²) in [6.07, 6.45) is 2.59. The van der Waals surface area contributed by atoms with Crippen LogP contribution in [0.25, 0.3) is 0 Å². The summed E-state index contributed by atoms with van der Waals surface area (Å²) in [6.45, 7) is 5.31. The first kappa shape index (κ1) is 17.3. The number of rotatable bonds is 5. The lowest BCUT2D eigenvalue weighted by Gasteiger charge is -2.19. The summed E-state index contributed by atoms with van der Waals surface area (Å²) in [5.74, 6) is 1.68. The molecule has 25 heavy (non-hydrogen) atoms. The minimum atomic E-state index is -0.0627. The van der Waals surface area contributed by atoms with Gasteiger partial charge in [0, 0.05) is 25.2 Å². The van der Waals surface area contributed by atoms with E-state index >= 15 is 0 Å². The van der Waals surface area contributed by atoms with Gasteiger partial charge < -0.3 is 14.4 Å². The highest BCUT2D eigenvalue weighted by Crippen LogP contribution is 2.30. The molecule has 5 heteroatoms. The van der Waals surface area contributed by atoms with Crippen LogP contribution in [0.2, 0.25) is 0 Å². The van der Waals surface area contributed by atoms with Crippen molar-refractivity contribution in [2.45, 2.75) is 32.3 Å². The molecule has 0 saturated carbocycles. The van der Waals surface area contributed by atoms with E-state index in [1.54, 1.807) is 25.4 Å². The minimum absolute atomic E-state index is 0.00127. The van der Waals surface area contributed by atoms with Crippen LogP contribution in [0.15, 0.2) is 42.6 Å². The van der Waals surface area contributed by atoms with Gasteiger partial charge >= 0.3 is 0 Å². The average molecular weight is 340 g/mol. The molecule has 1 aromatic heterocycles. The van der Waals surface area contributed by atoms with Crippen molar-refractivity contribution >= 4 is 5.91 Å². The van der Waals surface area contributed by atoms with Crippen LogP contribution in [0.4, 0.5) is 0 Å². The van der Waals surface area contributed by atoms with Crippen LogP contribution in [-0.2, 0) is 0 Å². The molecular weight excluding hydrogens is 316 g/mol. The highest BCUT2D eigenvalue weighted by Gasteiger charge is 2.30. The third-order valence-electron chi connectivity index (χ3n) is 4.40. The number of methoxy groups -OCH3 is 1. The van der Waals surface area contributed by atoms with Crippen LogP contribution in [0.1, 0.15) is 42.2 Å². The summed E-state index contributed by atoms with van der Waals surface area (Å²) in [4.78, 5) is 19.0. The zero-order valence-corrected chi connectivity index (χ0v) is 14.9. The molecule has 1 atom stereocenters. The lowest BCUT2D eigenvalue weighted by molar-refractivity contribution is 0.0778. The predicted molar refractivity (Wildman–Crippen MR) is 96.3 cm³/mol.